The van der Waals surface area contributed by atoms with Crippen molar-refractivity contribution in [3.8, 4) is 11.5 Å². The first-order valence-electron chi connectivity index (χ1n) is 11.8. The van der Waals surface area contributed by atoms with Crippen LogP contribution in [0.25, 0.3) is 0 Å². The Hall–Kier alpha value is -3.14. The zero-order valence-corrected chi connectivity index (χ0v) is 20.8. The van der Waals surface area contributed by atoms with Crippen molar-refractivity contribution in [3.05, 3.63) is 47.6 Å². The van der Waals surface area contributed by atoms with Crippen molar-refractivity contribution in [2.45, 2.75) is 44.9 Å². The van der Waals surface area contributed by atoms with Gasteiger partial charge in [0.05, 0.1) is 12.3 Å². The van der Waals surface area contributed by atoms with Gasteiger partial charge in [-0.15, -0.1) is 0 Å². The van der Waals surface area contributed by atoms with E-state index in [1.807, 2.05) is 18.2 Å². The molecule has 3 rings (SSSR count). The van der Waals surface area contributed by atoms with Crippen molar-refractivity contribution >= 4 is 25.4 Å². The van der Waals surface area contributed by atoms with E-state index >= 15 is 0 Å². The van der Waals surface area contributed by atoms with Crippen molar-refractivity contribution < 1.29 is 43.1 Å². The van der Waals surface area contributed by atoms with Crippen LogP contribution in [0.4, 0.5) is 0 Å². The van der Waals surface area contributed by atoms with Gasteiger partial charge < -0.3 is 24.1 Å². The molecular weight excluding hydrogens is 491 g/mol. The molecule has 11 nitrogen and oxygen atoms in total. The molecule has 1 saturated heterocycles. The SMILES string of the molecule is O=C1OCC/C=C/CC/C=C/C(=NOCC(=O)N2CCCCC2)Cc2cc(O)cc(OP(=O)(O)O)c21. The summed E-state index contributed by atoms with van der Waals surface area (Å²) in [5.41, 5.74) is 0.234. The fraction of sp³-hybridized carbons (Fsp3) is 0.458. The van der Waals surface area contributed by atoms with Crippen LogP contribution >= 0.6 is 7.82 Å². The number of carbonyl (C=O) groups is 2. The number of ether oxygens (including phenoxy) is 1. The van der Waals surface area contributed by atoms with Crippen LogP contribution in [0.5, 0.6) is 11.5 Å². The molecule has 3 N–H and O–H groups in total. The summed E-state index contributed by atoms with van der Waals surface area (Å²) in [4.78, 5) is 51.0. The normalized spacial score (nSPS) is 20.6. The third-order valence-corrected chi connectivity index (χ3v) is 5.97. The van der Waals surface area contributed by atoms with Crippen molar-refractivity contribution in [1.29, 1.82) is 0 Å². The molecule has 1 aromatic rings. The van der Waals surface area contributed by atoms with E-state index in [1.54, 1.807) is 11.0 Å². The largest absolute Gasteiger partial charge is 0.524 e. The second-order valence-electron chi connectivity index (χ2n) is 8.41. The molecule has 2 aliphatic rings. The van der Waals surface area contributed by atoms with Crippen LogP contribution < -0.4 is 4.52 Å². The lowest BCUT2D eigenvalue weighted by Crippen LogP contribution is -2.37. The number of esters is 1. The highest BCUT2D eigenvalue weighted by molar-refractivity contribution is 7.46. The van der Waals surface area contributed by atoms with Crippen LogP contribution in [0, 0.1) is 0 Å². The number of allylic oxidation sites excluding steroid dienone is 3. The van der Waals surface area contributed by atoms with E-state index in [-0.39, 0.29) is 42.4 Å². The molecule has 36 heavy (non-hydrogen) atoms. The van der Waals surface area contributed by atoms with E-state index in [4.69, 9.17) is 9.57 Å². The molecule has 0 unspecified atom stereocenters. The van der Waals surface area contributed by atoms with Crippen molar-refractivity contribution in [2.75, 3.05) is 26.3 Å². The number of phenols is 1. The maximum atomic E-state index is 12.9. The van der Waals surface area contributed by atoms with Gasteiger partial charge in [0, 0.05) is 25.6 Å². The standard InChI is InChI=1S/C24H31N2O9P/c27-20-15-18-14-19(25-34-17-22(28)26-11-7-5-8-12-26)10-6-3-1-2-4-9-13-33-24(29)23(18)21(16-20)35-36(30,31)32/h2,4,6,10,15-16,27H,1,3,5,7-9,11-14,17H2,(H2,30,31,32)/b4-2+,10-6+,25-19?. The van der Waals surface area contributed by atoms with Gasteiger partial charge in [-0.3, -0.25) is 14.6 Å². The Kier molecular flexibility index (Phi) is 10.1. The number of oxime groups is 1. The topological polar surface area (TPSA) is 155 Å². The first-order chi connectivity index (χ1) is 17.2. The van der Waals surface area contributed by atoms with E-state index < -0.39 is 19.5 Å². The molecular formula is C24H31N2O9P. The van der Waals surface area contributed by atoms with Crippen LogP contribution in [0.1, 0.15) is 54.4 Å². The second kappa shape index (κ2) is 13.2. The highest BCUT2D eigenvalue weighted by atomic mass is 31.2. The van der Waals surface area contributed by atoms with Gasteiger partial charge in [0.25, 0.3) is 5.91 Å². The lowest BCUT2D eigenvalue weighted by atomic mass is 9.99. The molecule has 0 atom stereocenters. The summed E-state index contributed by atoms with van der Waals surface area (Å²) in [7, 11) is -5.05. The Morgan fingerprint density at radius 3 is 2.56 bits per heavy atom. The molecule has 196 valence electrons. The van der Waals surface area contributed by atoms with E-state index in [1.165, 1.54) is 6.07 Å². The molecule has 1 amide bonds. The smallest absolute Gasteiger partial charge is 0.508 e. The predicted molar refractivity (Wildman–Crippen MR) is 131 cm³/mol. The van der Waals surface area contributed by atoms with E-state index in [0.717, 1.165) is 31.7 Å². The van der Waals surface area contributed by atoms with Gasteiger partial charge in [-0.05, 0) is 56.2 Å². The van der Waals surface area contributed by atoms with Crippen molar-refractivity contribution in [2.24, 2.45) is 5.16 Å². The number of cyclic esters (lactones) is 1. The second-order valence-corrected chi connectivity index (χ2v) is 9.57. The number of phenolic OH excluding ortho intramolecular Hbond substituents is 1. The quantitative estimate of drug-likeness (QED) is 0.229. The maximum absolute atomic E-state index is 12.9. The molecule has 0 aromatic heterocycles. The number of aromatic hydroxyl groups is 1. The summed E-state index contributed by atoms with van der Waals surface area (Å²) >= 11 is 0. The summed E-state index contributed by atoms with van der Waals surface area (Å²) in [6.07, 6.45) is 12.2. The monoisotopic (exact) mass is 522 g/mol. The third-order valence-electron chi connectivity index (χ3n) is 5.53. The maximum Gasteiger partial charge on any atom is 0.524 e. The number of hydrogen-bond acceptors (Lipinski definition) is 8. The number of phosphoric acid groups is 1. The molecule has 1 fully saturated rings. The van der Waals surface area contributed by atoms with Gasteiger partial charge in [0.15, 0.2) is 6.61 Å². The summed E-state index contributed by atoms with van der Waals surface area (Å²) in [6, 6.07) is 2.19. The van der Waals surface area contributed by atoms with Gasteiger partial charge in [-0.2, -0.15) is 0 Å². The van der Waals surface area contributed by atoms with Gasteiger partial charge >= 0.3 is 13.8 Å². The average molecular weight is 522 g/mol. The minimum atomic E-state index is -5.05. The molecule has 0 radical (unpaired) electrons. The molecule has 0 saturated carbocycles. The Morgan fingerprint density at radius 2 is 1.81 bits per heavy atom. The molecule has 0 spiro atoms. The number of phosphoric ester groups is 1. The zero-order valence-electron chi connectivity index (χ0n) is 19.9. The van der Waals surface area contributed by atoms with Gasteiger partial charge in [-0.25, -0.2) is 9.36 Å². The molecule has 0 aliphatic carbocycles. The Balaban J connectivity index is 1.91. The highest BCUT2D eigenvalue weighted by Crippen LogP contribution is 2.42. The van der Waals surface area contributed by atoms with Crippen LogP contribution in [-0.4, -0.2) is 63.7 Å². The molecule has 2 aliphatic heterocycles. The molecule has 2 heterocycles. The number of carbonyl (C=O) groups excluding carboxylic acids is 2. The van der Waals surface area contributed by atoms with Gasteiger partial charge in [0.2, 0.25) is 0 Å². The number of nitrogens with zero attached hydrogens (tertiary/aromatic N) is 2. The predicted octanol–water partition coefficient (Wildman–Crippen LogP) is 3.24. The molecule has 12 heteroatoms. The minimum Gasteiger partial charge on any atom is -0.508 e. The number of piperidine rings is 1. The van der Waals surface area contributed by atoms with Gasteiger partial charge in [-0.1, -0.05) is 23.4 Å². The number of hydrogen-bond donors (Lipinski definition) is 3. The number of rotatable bonds is 5. The van der Waals surface area contributed by atoms with Crippen molar-refractivity contribution in [3.63, 3.8) is 0 Å². The molecule has 1 aromatic carbocycles. The summed E-state index contributed by atoms with van der Waals surface area (Å²) in [5, 5.41) is 14.3. The minimum absolute atomic E-state index is 0.0451. The fourth-order valence-corrected chi connectivity index (χ4v) is 4.29. The fourth-order valence-electron chi connectivity index (χ4n) is 3.89. The van der Waals surface area contributed by atoms with Crippen LogP contribution in [0.2, 0.25) is 0 Å². The Labute approximate surface area is 209 Å². The summed E-state index contributed by atoms with van der Waals surface area (Å²) in [6.45, 7) is 1.16. The van der Waals surface area contributed by atoms with Crippen LogP contribution in [0.3, 0.4) is 0 Å². The van der Waals surface area contributed by atoms with Crippen LogP contribution in [-0.2, 0) is 25.4 Å². The first kappa shape index (κ1) is 27.4. The first-order valence-corrected chi connectivity index (χ1v) is 13.3. The third kappa shape index (κ3) is 8.82. The lowest BCUT2D eigenvalue weighted by molar-refractivity contribution is -0.137. The summed E-state index contributed by atoms with van der Waals surface area (Å²) in [5.74, 6) is -1.94. The van der Waals surface area contributed by atoms with E-state index in [9.17, 15) is 29.0 Å². The molecule has 0 bridgehead atoms. The van der Waals surface area contributed by atoms with E-state index in [2.05, 4.69) is 9.68 Å². The number of fused-ring (bicyclic) bond motifs is 1. The number of amides is 1. The van der Waals surface area contributed by atoms with Crippen LogP contribution in [0.15, 0.2) is 41.6 Å². The zero-order chi connectivity index (χ0) is 26.0. The van der Waals surface area contributed by atoms with E-state index in [0.29, 0.717) is 31.6 Å². The highest BCUT2D eigenvalue weighted by Gasteiger charge is 2.27. The average Bonchev–Trinajstić information content (AvgIpc) is 2.81. The lowest BCUT2D eigenvalue weighted by Gasteiger charge is -2.26. The van der Waals surface area contributed by atoms with Crippen molar-refractivity contribution in [1.82, 2.24) is 4.90 Å². The van der Waals surface area contributed by atoms with Gasteiger partial charge in [0.1, 0.15) is 17.1 Å². The summed E-state index contributed by atoms with van der Waals surface area (Å²) < 4.78 is 21.5. The Bertz CT molecular complexity index is 1070. The Morgan fingerprint density at radius 1 is 1.08 bits per heavy atom. The number of likely N-dealkylation sites (tertiary alicyclic amines) is 1. The number of benzene rings is 1.